The Labute approximate surface area is 281 Å². The predicted octanol–water partition coefficient (Wildman–Crippen LogP) is 10.3. The number of hydrogen-bond donors (Lipinski definition) is 2. The number of hydrogen-bond acceptors (Lipinski definition) is 4. The zero-order chi connectivity index (χ0) is 32.9. The maximum absolute atomic E-state index is 11.5. The summed E-state index contributed by atoms with van der Waals surface area (Å²) < 4.78 is 0. The van der Waals surface area contributed by atoms with Gasteiger partial charge in [-0.3, -0.25) is 0 Å². The van der Waals surface area contributed by atoms with Crippen LogP contribution in [-0.4, -0.2) is 21.6 Å². The molecule has 0 saturated heterocycles. The fourth-order valence-corrected chi connectivity index (χ4v) is 13.7. The lowest BCUT2D eigenvalue weighted by atomic mass is 9.33. The lowest BCUT2D eigenvalue weighted by Gasteiger charge is -2.72. The molecule has 248 valence electrons. The van der Waals surface area contributed by atoms with Crippen LogP contribution in [0.4, 0.5) is 0 Å². The zero-order valence-corrected chi connectivity index (χ0v) is 30.2. The van der Waals surface area contributed by atoms with Gasteiger partial charge in [0.05, 0.1) is 16.3 Å². The lowest BCUT2D eigenvalue weighted by Crippen LogP contribution is -2.67. The Morgan fingerprint density at radius 2 is 1.72 bits per heavy atom. The molecular weight excluding hydrogens is 585 g/mol. The molecule has 0 aliphatic heterocycles. The van der Waals surface area contributed by atoms with Gasteiger partial charge in [0.15, 0.2) is 0 Å². The number of benzene rings is 1. The van der Waals surface area contributed by atoms with E-state index in [0.717, 1.165) is 18.0 Å². The standard InChI is InChI=1S/C41H56N2O2S/c1-25(2)30-15-20-41(42-23-29-24-46-26(3)43-29)22-21-39(7)32(35(30)41)13-14-34-38(6)18-16-31(27-9-11-28(12-10-27)36(44)45)37(4,5)33(38)17-19-40(34,39)8/h9-12,16,24,30,32-35,42H,1,13-15,17-23H2,2-8H3,(H,44,45)/t30-,32+,33-,34+,35+,38-,39+,40+,41-/m0/s1. The molecule has 4 saturated carbocycles. The first-order chi connectivity index (χ1) is 21.7. The Bertz CT molecular complexity index is 1570. The molecule has 4 fully saturated rings. The first-order valence-corrected chi connectivity index (χ1v) is 18.9. The topological polar surface area (TPSA) is 62.2 Å². The largest absolute Gasteiger partial charge is 0.478 e. The van der Waals surface area contributed by atoms with Crippen LogP contribution in [0.15, 0.2) is 47.9 Å². The Morgan fingerprint density at radius 1 is 0.978 bits per heavy atom. The maximum atomic E-state index is 11.5. The highest BCUT2D eigenvalue weighted by molar-refractivity contribution is 7.09. The van der Waals surface area contributed by atoms with Crippen molar-refractivity contribution in [2.45, 2.75) is 118 Å². The summed E-state index contributed by atoms with van der Waals surface area (Å²) in [4.78, 5) is 16.4. The van der Waals surface area contributed by atoms with Crippen molar-refractivity contribution in [2.75, 3.05) is 0 Å². The summed E-state index contributed by atoms with van der Waals surface area (Å²) >= 11 is 1.77. The molecule has 1 aromatic carbocycles. The predicted molar refractivity (Wildman–Crippen MR) is 190 cm³/mol. The number of nitrogens with zero attached hydrogens (tertiary/aromatic N) is 1. The van der Waals surface area contributed by atoms with Crippen LogP contribution in [0.5, 0.6) is 0 Å². The van der Waals surface area contributed by atoms with Gasteiger partial charge in [0, 0.05) is 17.5 Å². The molecular formula is C41H56N2O2S. The molecule has 46 heavy (non-hydrogen) atoms. The van der Waals surface area contributed by atoms with E-state index in [9.17, 15) is 9.90 Å². The third-order valence-electron chi connectivity index (χ3n) is 15.4. The van der Waals surface area contributed by atoms with Gasteiger partial charge in [-0.05, 0) is 146 Å². The number of fused-ring (bicyclic) bond motifs is 7. The van der Waals surface area contributed by atoms with Gasteiger partial charge in [-0.2, -0.15) is 0 Å². The molecule has 1 heterocycles. The van der Waals surface area contributed by atoms with Crippen molar-refractivity contribution < 1.29 is 9.90 Å². The molecule has 2 N–H and O–H groups in total. The van der Waals surface area contributed by atoms with E-state index in [-0.39, 0.29) is 16.4 Å². The fourth-order valence-electron chi connectivity index (χ4n) is 13.1. The van der Waals surface area contributed by atoms with Gasteiger partial charge >= 0.3 is 5.97 Å². The Hall–Kier alpha value is -2.24. The van der Waals surface area contributed by atoms with E-state index in [2.05, 4.69) is 71.8 Å². The maximum Gasteiger partial charge on any atom is 0.335 e. The van der Waals surface area contributed by atoms with E-state index < -0.39 is 5.97 Å². The van der Waals surface area contributed by atoms with E-state index >= 15 is 0 Å². The molecule has 5 heteroatoms. The van der Waals surface area contributed by atoms with Crippen molar-refractivity contribution in [3.8, 4) is 0 Å². The zero-order valence-electron chi connectivity index (χ0n) is 29.3. The number of carboxylic acid groups (broad SMARTS) is 1. The van der Waals surface area contributed by atoms with E-state index in [0.29, 0.717) is 46.0 Å². The summed E-state index contributed by atoms with van der Waals surface area (Å²) in [5.74, 6) is 2.42. The molecule has 4 nitrogen and oxygen atoms in total. The summed E-state index contributed by atoms with van der Waals surface area (Å²) in [7, 11) is 0. The van der Waals surface area contributed by atoms with Crippen molar-refractivity contribution in [1.82, 2.24) is 10.3 Å². The Morgan fingerprint density at radius 3 is 2.37 bits per heavy atom. The second-order valence-electron chi connectivity index (χ2n) is 17.5. The van der Waals surface area contributed by atoms with Gasteiger partial charge in [0.2, 0.25) is 0 Å². The minimum atomic E-state index is -0.857. The van der Waals surface area contributed by atoms with E-state index in [1.54, 1.807) is 23.5 Å². The average Bonchev–Trinajstić information content (AvgIpc) is 3.60. The molecule has 5 aliphatic carbocycles. The Balaban J connectivity index is 1.21. The van der Waals surface area contributed by atoms with Gasteiger partial charge in [-0.15, -0.1) is 11.3 Å². The lowest BCUT2D eigenvalue weighted by molar-refractivity contribution is -0.219. The molecule has 0 amide bonds. The van der Waals surface area contributed by atoms with Crippen LogP contribution in [-0.2, 0) is 6.54 Å². The molecule has 1 aromatic heterocycles. The van der Waals surface area contributed by atoms with Gasteiger partial charge in [0.25, 0.3) is 0 Å². The van der Waals surface area contributed by atoms with Gasteiger partial charge < -0.3 is 10.4 Å². The fraction of sp³-hybridized carbons (Fsp3) is 0.659. The van der Waals surface area contributed by atoms with Crippen molar-refractivity contribution in [3.05, 3.63) is 69.7 Å². The van der Waals surface area contributed by atoms with Gasteiger partial charge in [-0.25, -0.2) is 9.78 Å². The van der Waals surface area contributed by atoms with Crippen LogP contribution in [0.1, 0.15) is 126 Å². The number of carboxylic acids is 1. The minimum absolute atomic E-state index is 0.0347. The number of nitrogens with one attached hydrogen (secondary N) is 1. The number of allylic oxidation sites excluding steroid dienone is 3. The van der Waals surface area contributed by atoms with Crippen molar-refractivity contribution in [3.63, 3.8) is 0 Å². The van der Waals surface area contributed by atoms with Crippen molar-refractivity contribution in [1.29, 1.82) is 0 Å². The molecule has 0 unspecified atom stereocenters. The van der Waals surface area contributed by atoms with Crippen LogP contribution in [0.2, 0.25) is 0 Å². The van der Waals surface area contributed by atoms with Crippen LogP contribution in [0, 0.1) is 58.2 Å². The highest BCUT2D eigenvalue weighted by Crippen LogP contribution is 2.76. The molecule has 5 aliphatic rings. The number of rotatable bonds is 6. The molecule has 0 radical (unpaired) electrons. The molecule has 0 spiro atoms. The number of aryl methyl sites for hydroxylation is 1. The SMILES string of the molecule is C=C(C)[C@@H]1CC[C@]2(NCc3csc(C)n3)CC[C@]3(C)[C@H](CC[C@@H]4[C@@]5(C)CC=C(c6ccc(C(=O)O)cc6)C(C)(C)[C@@H]5CC[C@]43C)[C@@H]12. The van der Waals surface area contributed by atoms with Crippen LogP contribution < -0.4 is 5.32 Å². The quantitative estimate of drug-likeness (QED) is 0.309. The highest BCUT2D eigenvalue weighted by Gasteiger charge is 2.70. The van der Waals surface area contributed by atoms with Gasteiger partial charge in [0.1, 0.15) is 0 Å². The third-order valence-corrected chi connectivity index (χ3v) is 16.2. The normalized spacial score (nSPS) is 41.0. The van der Waals surface area contributed by atoms with E-state index in [4.69, 9.17) is 4.98 Å². The first-order valence-electron chi connectivity index (χ1n) is 18.0. The summed E-state index contributed by atoms with van der Waals surface area (Å²) in [6.45, 7) is 23.0. The van der Waals surface area contributed by atoms with E-state index in [1.165, 1.54) is 73.8 Å². The minimum Gasteiger partial charge on any atom is -0.478 e. The molecule has 0 bridgehead atoms. The van der Waals surface area contributed by atoms with Crippen LogP contribution >= 0.6 is 11.3 Å². The molecule has 9 atom stereocenters. The second-order valence-corrected chi connectivity index (χ2v) is 18.5. The summed E-state index contributed by atoms with van der Waals surface area (Å²) in [6.07, 6.45) is 14.0. The molecule has 2 aromatic rings. The summed E-state index contributed by atoms with van der Waals surface area (Å²) in [6, 6.07) is 7.63. The van der Waals surface area contributed by atoms with Crippen molar-refractivity contribution in [2.24, 2.45) is 51.2 Å². The number of aromatic nitrogens is 1. The monoisotopic (exact) mass is 640 g/mol. The number of aromatic carboxylic acids is 1. The molecule has 7 rings (SSSR count). The number of thiazole rings is 1. The number of carbonyl (C=O) groups is 1. The highest BCUT2D eigenvalue weighted by atomic mass is 32.1. The second kappa shape index (κ2) is 10.9. The van der Waals surface area contributed by atoms with E-state index in [1.807, 2.05) is 12.1 Å². The van der Waals surface area contributed by atoms with Crippen molar-refractivity contribution >= 4 is 22.9 Å². The summed E-state index contributed by atoms with van der Waals surface area (Å²) in [5, 5.41) is 17.1. The summed E-state index contributed by atoms with van der Waals surface area (Å²) in [5.41, 5.74) is 6.68. The first kappa shape index (κ1) is 32.3. The van der Waals surface area contributed by atoms with Crippen LogP contribution in [0.3, 0.4) is 0 Å². The average molecular weight is 641 g/mol. The smallest absolute Gasteiger partial charge is 0.335 e. The third kappa shape index (κ3) is 4.53. The Kier molecular flexibility index (Phi) is 7.65. The van der Waals surface area contributed by atoms with Gasteiger partial charge in [-0.1, -0.05) is 65.0 Å². The van der Waals surface area contributed by atoms with Crippen LogP contribution in [0.25, 0.3) is 5.57 Å².